The summed E-state index contributed by atoms with van der Waals surface area (Å²) in [5.74, 6) is 0.851. The summed E-state index contributed by atoms with van der Waals surface area (Å²) >= 11 is 0. The van der Waals surface area contributed by atoms with Crippen LogP contribution in [-0.2, 0) is 0 Å². The van der Waals surface area contributed by atoms with Gasteiger partial charge in [0.1, 0.15) is 11.4 Å². The van der Waals surface area contributed by atoms with Gasteiger partial charge >= 0.3 is 0 Å². The maximum atomic E-state index is 6.27. The normalized spacial score (nSPS) is 12.0. The van der Waals surface area contributed by atoms with Crippen molar-refractivity contribution >= 4 is 27.6 Å². The van der Waals surface area contributed by atoms with Crippen LogP contribution >= 0.6 is 0 Å². The van der Waals surface area contributed by atoms with Gasteiger partial charge in [-0.25, -0.2) is 4.98 Å². The minimum atomic E-state index is 0.670. The van der Waals surface area contributed by atoms with Gasteiger partial charge in [0.05, 0.1) is 11.1 Å². The standard InChI is InChI=1S/C26H29N3O/c1-3-5-16-27-25-24-21(18-22(29-25)19-12-8-7-9-13-19)20-14-10-11-15-23(20)30-26(24)28-17-6-4-2/h7-15,18H,3-6,16-17H2,1-2H3,(H,27,29). The van der Waals surface area contributed by atoms with Gasteiger partial charge in [-0.3, -0.25) is 4.99 Å². The number of aromatic nitrogens is 1. The number of unbranched alkanes of at least 4 members (excludes halogenated alkanes) is 2. The van der Waals surface area contributed by atoms with Crippen molar-refractivity contribution in [3.63, 3.8) is 0 Å². The van der Waals surface area contributed by atoms with E-state index < -0.39 is 0 Å². The van der Waals surface area contributed by atoms with Gasteiger partial charge in [-0.2, -0.15) is 0 Å². The Labute approximate surface area is 177 Å². The van der Waals surface area contributed by atoms with Crippen LogP contribution in [-0.4, -0.2) is 18.1 Å². The van der Waals surface area contributed by atoms with Gasteiger partial charge in [-0.05, 0) is 25.0 Å². The lowest BCUT2D eigenvalue weighted by Gasteiger charge is -2.13. The van der Waals surface area contributed by atoms with Crippen LogP contribution in [0.2, 0.25) is 0 Å². The van der Waals surface area contributed by atoms with E-state index in [-0.39, 0.29) is 0 Å². The second kappa shape index (κ2) is 9.57. The van der Waals surface area contributed by atoms with Crippen LogP contribution < -0.4 is 10.9 Å². The maximum Gasteiger partial charge on any atom is 0.226 e. The fourth-order valence-electron chi connectivity index (χ4n) is 3.63. The largest absolute Gasteiger partial charge is 0.438 e. The summed E-state index contributed by atoms with van der Waals surface area (Å²) in [7, 11) is 0. The Morgan fingerprint density at radius 2 is 1.67 bits per heavy atom. The molecule has 4 aromatic rings. The number of fused-ring (bicyclic) bond motifs is 3. The van der Waals surface area contributed by atoms with Crippen LogP contribution in [0.25, 0.3) is 33.0 Å². The smallest absolute Gasteiger partial charge is 0.226 e. The molecular weight excluding hydrogens is 370 g/mol. The fraction of sp³-hybridized carbons (Fsp3) is 0.308. The zero-order valence-corrected chi connectivity index (χ0v) is 17.8. The predicted molar refractivity (Wildman–Crippen MR) is 126 cm³/mol. The number of benzene rings is 2. The molecule has 0 aliphatic carbocycles. The molecule has 2 aromatic carbocycles. The first kappa shape index (κ1) is 20.1. The van der Waals surface area contributed by atoms with E-state index in [0.717, 1.165) is 77.6 Å². The summed E-state index contributed by atoms with van der Waals surface area (Å²) in [4.78, 5) is 9.83. The first-order valence-corrected chi connectivity index (χ1v) is 11.0. The predicted octanol–water partition coefficient (Wildman–Crippen LogP) is 6.56. The molecule has 4 heteroatoms. The average molecular weight is 400 g/mol. The first-order valence-electron chi connectivity index (χ1n) is 11.0. The third-order valence-electron chi connectivity index (χ3n) is 5.28. The van der Waals surface area contributed by atoms with Crippen LogP contribution in [0, 0.1) is 0 Å². The molecule has 2 heterocycles. The second-order valence-corrected chi connectivity index (χ2v) is 7.56. The average Bonchev–Trinajstić information content (AvgIpc) is 2.79. The highest BCUT2D eigenvalue weighted by Gasteiger charge is 2.14. The van der Waals surface area contributed by atoms with Crippen LogP contribution in [0.4, 0.5) is 5.82 Å². The van der Waals surface area contributed by atoms with E-state index in [1.165, 1.54) is 0 Å². The van der Waals surface area contributed by atoms with Gasteiger partial charge < -0.3 is 9.73 Å². The van der Waals surface area contributed by atoms with E-state index >= 15 is 0 Å². The summed E-state index contributed by atoms with van der Waals surface area (Å²) < 4.78 is 6.27. The number of nitrogens with one attached hydrogen (secondary N) is 1. The molecule has 0 saturated carbocycles. The first-order chi connectivity index (χ1) is 14.8. The summed E-state index contributed by atoms with van der Waals surface area (Å²) in [5, 5.41) is 6.74. The Balaban J connectivity index is 2.02. The monoisotopic (exact) mass is 399 g/mol. The number of hydrogen-bond donors (Lipinski definition) is 1. The molecule has 4 nitrogen and oxygen atoms in total. The molecule has 0 unspecified atom stereocenters. The minimum absolute atomic E-state index is 0.670. The Bertz CT molecular complexity index is 1200. The highest BCUT2D eigenvalue weighted by atomic mass is 16.3. The Morgan fingerprint density at radius 3 is 2.47 bits per heavy atom. The lowest BCUT2D eigenvalue weighted by Crippen LogP contribution is -2.12. The van der Waals surface area contributed by atoms with E-state index in [0.29, 0.717) is 5.55 Å². The van der Waals surface area contributed by atoms with Crippen molar-refractivity contribution in [3.8, 4) is 11.3 Å². The lowest BCUT2D eigenvalue weighted by molar-refractivity contribution is 0.541. The fourth-order valence-corrected chi connectivity index (χ4v) is 3.63. The van der Waals surface area contributed by atoms with Crippen LogP contribution in [0.5, 0.6) is 0 Å². The van der Waals surface area contributed by atoms with E-state index in [1.54, 1.807) is 0 Å². The molecule has 0 saturated heterocycles. The molecule has 30 heavy (non-hydrogen) atoms. The molecule has 0 amide bonds. The number of nitrogens with zero attached hydrogens (tertiary/aromatic N) is 2. The number of rotatable bonds is 8. The molecule has 0 spiro atoms. The van der Waals surface area contributed by atoms with Crippen molar-refractivity contribution in [2.75, 3.05) is 18.4 Å². The molecule has 0 aliphatic rings. The van der Waals surface area contributed by atoms with E-state index in [4.69, 9.17) is 14.4 Å². The summed E-state index contributed by atoms with van der Waals surface area (Å²) in [6.07, 6.45) is 4.36. The third kappa shape index (κ3) is 4.23. The Hall–Kier alpha value is -3.14. The lowest BCUT2D eigenvalue weighted by atomic mass is 10.0. The Kier molecular flexibility index (Phi) is 6.43. The zero-order chi connectivity index (χ0) is 20.8. The number of anilines is 1. The summed E-state index contributed by atoms with van der Waals surface area (Å²) in [6.45, 7) is 6.00. The third-order valence-corrected chi connectivity index (χ3v) is 5.28. The van der Waals surface area contributed by atoms with Gasteiger partial charge in [-0.15, -0.1) is 0 Å². The van der Waals surface area contributed by atoms with Gasteiger partial charge in [0, 0.05) is 29.4 Å². The quantitative estimate of drug-likeness (QED) is 0.270. The van der Waals surface area contributed by atoms with E-state index in [9.17, 15) is 0 Å². The summed E-state index contributed by atoms with van der Waals surface area (Å²) in [6, 6.07) is 20.7. The van der Waals surface area contributed by atoms with E-state index in [2.05, 4.69) is 61.6 Å². The molecule has 0 radical (unpaired) electrons. The van der Waals surface area contributed by atoms with Gasteiger partial charge in [0.15, 0.2) is 0 Å². The second-order valence-electron chi connectivity index (χ2n) is 7.56. The van der Waals surface area contributed by atoms with Crippen molar-refractivity contribution < 1.29 is 4.42 Å². The number of para-hydroxylation sites is 1. The number of pyridine rings is 1. The Morgan fingerprint density at radius 1 is 0.900 bits per heavy atom. The molecule has 2 aromatic heterocycles. The highest BCUT2D eigenvalue weighted by Crippen LogP contribution is 2.31. The van der Waals surface area contributed by atoms with Crippen molar-refractivity contribution in [3.05, 3.63) is 66.2 Å². The van der Waals surface area contributed by atoms with Gasteiger partial charge in [0.2, 0.25) is 5.55 Å². The topological polar surface area (TPSA) is 50.4 Å². The molecule has 0 bridgehead atoms. The van der Waals surface area contributed by atoms with Crippen LogP contribution in [0.1, 0.15) is 39.5 Å². The molecule has 154 valence electrons. The van der Waals surface area contributed by atoms with Crippen LogP contribution in [0.3, 0.4) is 0 Å². The highest BCUT2D eigenvalue weighted by molar-refractivity contribution is 6.09. The van der Waals surface area contributed by atoms with Gasteiger partial charge in [-0.1, -0.05) is 75.2 Å². The molecule has 4 rings (SSSR count). The van der Waals surface area contributed by atoms with Crippen molar-refractivity contribution in [2.45, 2.75) is 39.5 Å². The maximum absolute atomic E-state index is 6.27. The van der Waals surface area contributed by atoms with Crippen molar-refractivity contribution in [1.29, 1.82) is 0 Å². The van der Waals surface area contributed by atoms with Crippen molar-refractivity contribution in [2.24, 2.45) is 4.99 Å². The van der Waals surface area contributed by atoms with Crippen LogP contribution in [0.15, 0.2) is 70.1 Å². The SMILES string of the molecule is CCCCN=c1oc2ccccc2c2cc(-c3ccccc3)nc(NCCCC)c12. The zero-order valence-electron chi connectivity index (χ0n) is 17.8. The molecule has 1 N–H and O–H groups in total. The molecule has 0 atom stereocenters. The summed E-state index contributed by atoms with van der Waals surface area (Å²) in [5.41, 5.74) is 3.58. The van der Waals surface area contributed by atoms with Gasteiger partial charge in [0.25, 0.3) is 0 Å². The minimum Gasteiger partial charge on any atom is -0.438 e. The van der Waals surface area contributed by atoms with E-state index in [1.807, 2.05) is 18.2 Å². The number of hydrogen-bond acceptors (Lipinski definition) is 4. The molecule has 0 fully saturated rings. The molecule has 0 aliphatic heterocycles. The van der Waals surface area contributed by atoms with Crippen molar-refractivity contribution in [1.82, 2.24) is 4.98 Å². The molecular formula is C26H29N3O.